The van der Waals surface area contributed by atoms with Crippen LogP contribution in [0.4, 0.5) is 0 Å². The summed E-state index contributed by atoms with van der Waals surface area (Å²) >= 11 is 0. The fourth-order valence-corrected chi connectivity index (χ4v) is 3.06. The van der Waals surface area contributed by atoms with Gasteiger partial charge in [0, 0.05) is 6.42 Å². The summed E-state index contributed by atoms with van der Waals surface area (Å²) in [4.78, 5) is 71.3. The molecule has 36 heavy (non-hydrogen) atoms. The van der Waals surface area contributed by atoms with E-state index in [1.807, 2.05) is 0 Å². The molecule has 4 atom stereocenters. The molecule has 9 N–H and O–H groups in total. The van der Waals surface area contributed by atoms with Gasteiger partial charge in [-0.3, -0.25) is 24.0 Å². The molecule has 0 saturated heterocycles. The SMILES string of the molecule is CC(C)C(NC(=O)C(N)CC(=O)O)C(=O)NC(Cc1ccc(O)cc1)C(=O)NC(CC(=O)O)C(=O)O. The number of phenols is 1. The van der Waals surface area contributed by atoms with Crippen LogP contribution in [-0.2, 0) is 35.2 Å². The minimum atomic E-state index is -1.77. The maximum absolute atomic E-state index is 13.0. The first kappa shape index (κ1) is 29.8. The lowest BCUT2D eigenvalue weighted by Gasteiger charge is -2.27. The fraction of sp³-hybridized carbons (Fsp3) is 0.455. The van der Waals surface area contributed by atoms with E-state index in [2.05, 4.69) is 16.0 Å². The Bertz CT molecular complexity index is 980. The third-order valence-electron chi connectivity index (χ3n) is 4.98. The quantitative estimate of drug-likeness (QED) is 0.142. The molecule has 198 valence electrons. The number of phenolic OH excluding ortho intramolecular Hbond substituents is 1. The van der Waals surface area contributed by atoms with Gasteiger partial charge < -0.3 is 42.1 Å². The van der Waals surface area contributed by atoms with E-state index in [-0.39, 0.29) is 12.2 Å². The van der Waals surface area contributed by atoms with Crippen molar-refractivity contribution in [3.05, 3.63) is 29.8 Å². The van der Waals surface area contributed by atoms with Gasteiger partial charge in [-0.1, -0.05) is 26.0 Å². The highest BCUT2D eigenvalue weighted by Crippen LogP contribution is 2.12. The molecule has 0 saturated carbocycles. The maximum atomic E-state index is 13.0. The average molecular weight is 511 g/mol. The summed E-state index contributed by atoms with van der Waals surface area (Å²) in [5, 5.41) is 43.3. The lowest BCUT2D eigenvalue weighted by atomic mass is 10.00. The number of carboxylic acid groups (broad SMARTS) is 3. The molecule has 0 bridgehead atoms. The molecule has 0 aliphatic rings. The number of carbonyl (C=O) groups excluding carboxylic acids is 3. The van der Waals surface area contributed by atoms with E-state index in [1.54, 1.807) is 13.8 Å². The van der Waals surface area contributed by atoms with E-state index >= 15 is 0 Å². The van der Waals surface area contributed by atoms with Crippen LogP contribution in [0, 0.1) is 5.92 Å². The zero-order valence-electron chi connectivity index (χ0n) is 19.6. The van der Waals surface area contributed by atoms with Gasteiger partial charge in [-0.15, -0.1) is 0 Å². The molecule has 0 fully saturated rings. The Morgan fingerprint density at radius 3 is 1.78 bits per heavy atom. The second kappa shape index (κ2) is 13.6. The van der Waals surface area contributed by atoms with Crippen LogP contribution in [0.2, 0.25) is 0 Å². The third-order valence-corrected chi connectivity index (χ3v) is 4.98. The molecule has 0 aliphatic heterocycles. The summed E-state index contributed by atoms with van der Waals surface area (Å²) in [7, 11) is 0. The predicted octanol–water partition coefficient (Wildman–Crippen LogP) is -1.59. The van der Waals surface area contributed by atoms with E-state index in [0.29, 0.717) is 5.56 Å². The number of aromatic hydroxyl groups is 1. The molecule has 1 aromatic rings. The monoisotopic (exact) mass is 510 g/mol. The predicted molar refractivity (Wildman–Crippen MR) is 123 cm³/mol. The smallest absolute Gasteiger partial charge is 0.326 e. The molecule has 0 spiro atoms. The van der Waals surface area contributed by atoms with E-state index in [9.17, 15) is 39.0 Å². The van der Waals surface area contributed by atoms with Crippen LogP contribution in [0.1, 0.15) is 32.3 Å². The number of hydrogen-bond acceptors (Lipinski definition) is 8. The summed E-state index contributed by atoms with van der Waals surface area (Å²) in [5.74, 6) is -7.71. The van der Waals surface area contributed by atoms with Crippen LogP contribution in [0.5, 0.6) is 5.75 Å². The summed E-state index contributed by atoms with van der Waals surface area (Å²) in [6.07, 6.45) is -1.76. The van der Waals surface area contributed by atoms with Crippen LogP contribution >= 0.6 is 0 Å². The van der Waals surface area contributed by atoms with Gasteiger partial charge in [0.1, 0.15) is 23.9 Å². The van der Waals surface area contributed by atoms with Crippen molar-refractivity contribution in [3.8, 4) is 5.75 Å². The first-order valence-electron chi connectivity index (χ1n) is 10.8. The second-order valence-electron chi connectivity index (χ2n) is 8.36. The van der Waals surface area contributed by atoms with Crippen molar-refractivity contribution in [1.82, 2.24) is 16.0 Å². The number of aliphatic carboxylic acids is 3. The Balaban J connectivity index is 3.14. The van der Waals surface area contributed by atoms with Crippen molar-refractivity contribution in [3.63, 3.8) is 0 Å². The fourth-order valence-electron chi connectivity index (χ4n) is 3.06. The Hall–Kier alpha value is -4.20. The van der Waals surface area contributed by atoms with E-state index < -0.39 is 78.6 Å². The number of amides is 3. The highest BCUT2D eigenvalue weighted by atomic mass is 16.4. The summed E-state index contributed by atoms with van der Waals surface area (Å²) in [6.45, 7) is 3.16. The standard InChI is InChI=1S/C22H30N4O10/c1-10(2)18(26-19(32)13(23)8-16(28)29)21(34)24-14(7-11-3-5-12(27)6-4-11)20(33)25-15(22(35)36)9-17(30)31/h3-6,10,13-15,18,27H,7-9,23H2,1-2H3,(H,24,34)(H,25,33)(H,26,32)(H,28,29)(H,30,31)(H,35,36). The molecular formula is C22H30N4O10. The second-order valence-corrected chi connectivity index (χ2v) is 8.36. The maximum Gasteiger partial charge on any atom is 0.326 e. The van der Waals surface area contributed by atoms with Crippen molar-refractivity contribution < 1.29 is 49.2 Å². The number of nitrogens with two attached hydrogens (primary N) is 1. The van der Waals surface area contributed by atoms with Crippen LogP contribution in [0.25, 0.3) is 0 Å². The molecule has 0 aliphatic carbocycles. The van der Waals surface area contributed by atoms with Crippen molar-refractivity contribution >= 4 is 35.6 Å². The highest BCUT2D eigenvalue weighted by molar-refractivity contribution is 5.95. The number of carbonyl (C=O) groups is 6. The molecule has 14 heteroatoms. The molecule has 0 radical (unpaired) electrons. The van der Waals surface area contributed by atoms with Gasteiger partial charge in [-0.25, -0.2) is 4.79 Å². The number of benzene rings is 1. The van der Waals surface area contributed by atoms with Crippen molar-refractivity contribution in [1.29, 1.82) is 0 Å². The van der Waals surface area contributed by atoms with Gasteiger partial charge in [0.05, 0.1) is 18.9 Å². The Labute approximate surface area is 205 Å². The average Bonchev–Trinajstić information content (AvgIpc) is 2.76. The van der Waals surface area contributed by atoms with E-state index in [0.717, 1.165) is 0 Å². The summed E-state index contributed by atoms with van der Waals surface area (Å²) in [6, 6.07) is -0.260. The number of nitrogens with one attached hydrogen (secondary N) is 3. The molecule has 3 amide bonds. The lowest BCUT2D eigenvalue weighted by Crippen LogP contribution is -2.59. The normalized spacial score (nSPS) is 14.1. The van der Waals surface area contributed by atoms with Crippen LogP contribution in [0.3, 0.4) is 0 Å². The van der Waals surface area contributed by atoms with Crippen LogP contribution in [0.15, 0.2) is 24.3 Å². The molecular weight excluding hydrogens is 480 g/mol. The molecule has 1 rings (SSSR count). The zero-order chi connectivity index (χ0) is 27.6. The number of carboxylic acids is 3. The topological polar surface area (TPSA) is 245 Å². The zero-order valence-corrected chi connectivity index (χ0v) is 19.6. The van der Waals surface area contributed by atoms with Crippen molar-refractivity contribution in [2.45, 2.75) is 57.3 Å². The largest absolute Gasteiger partial charge is 0.508 e. The summed E-state index contributed by atoms with van der Waals surface area (Å²) in [5.41, 5.74) is 6.01. The third kappa shape index (κ3) is 9.97. The highest BCUT2D eigenvalue weighted by Gasteiger charge is 2.32. The lowest BCUT2D eigenvalue weighted by molar-refractivity contribution is -0.147. The molecule has 0 aromatic heterocycles. The molecule has 0 heterocycles. The minimum Gasteiger partial charge on any atom is -0.508 e. The van der Waals surface area contributed by atoms with Crippen LogP contribution < -0.4 is 21.7 Å². The Morgan fingerprint density at radius 1 is 0.778 bits per heavy atom. The number of hydrogen-bond donors (Lipinski definition) is 8. The Morgan fingerprint density at radius 2 is 1.31 bits per heavy atom. The van der Waals surface area contributed by atoms with Gasteiger partial charge in [-0.2, -0.15) is 0 Å². The van der Waals surface area contributed by atoms with Crippen LogP contribution in [-0.4, -0.2) is 80.2 Å². The molecule has 4 unspecified atom stereocenters. The van der Waals surface area contributed by atoms with Gasteiger partial charge in [0.2, 0.25) is 17.7 Å². The van der Waals surface area contributed by atoms with Crippen molar-refractivity contribution in [2.75, 3.05) is 0 Å². The summed E-state index contributed by atoms with van der Waals surface area (Å²) < 4.78 is 0. The first-order valence-corrected chi connectivity index (χ1v) is 10.8. The molecule has 14 nitrogen and oxygen atoms in total. The Kier molecular flexibility index (Phi) is 11.3. The van der Waals surface area contributed by atoms with Gasteiger partial charge in [0.25, 0.3) is 0 Å². The van der Waals surface area contributed by atoms with Gasteiger partial charge in [0.15, 0.2) is 0 Å². The molecule has 1 aromatic carbocycles. The first-order chi connectivity index (χ1) is 16.7. The minimum absolute atomic E-state index is 0.0588. The van der Waals surface area contributed by atoms with Gasteiger partial charge >= 0.3 is 17.9 Å². The van der Waals surface area contributed by atoms with Crippen molar-refractivity contribution in [2.24, 2.45) is 11.7 Å². The van der Waals surface area contributed by atoms with E-state index in [4.69, 9.17) is 15.9 Å². The van der Waals surface area contributed by atoms with Gasteiger partial charge in [-0.05, 0) is 23.6 Å². The van der Waals surface area contributed by atoms with E-state index in [1.165, 1.54) is 24.3 Å². The number of rotatable bonds is 14.